The second kappa shape index (κ2) is 10.4. The normalized spacial score (nSPS) is 7.47. The predicted molar refractivity (Wildman–Crippen MR) is 61.1 cm³/mol. The molecule has 0 amide bonds. The third kappa shape index (κ3) is 12.4. The van der Waals surface area contributed by atoms with E-state index in [-0.39, 0.29) is 5.78 Å². The minimum atomic E-state index is -0.879. The van der Waals surface area contributed by atoms with Crippen LogP contribution in [0.3, 0.4) is 0 Å². The van der Waals surface area contributed by atoms with Gasteiger partial charge in [-0.15, -0.1) is 0 Å². The number of Topliss-reactive ketones (excluding diaryl/α,β-unsaturated/α-hetero) is 1. The molecule has 0 fully saturated rings. The molecule has 0 aromatic heterocycles. The van der Waals surface area contributed by atoms with Crippen LogP contribution < -0.4 is 0 Å². The van der Waals surface area contributed by atoms with Crippen LogP contribution in [0.25, 0.3) is 0 Å². The van der Waals surface area contributed by atoms with E-state index >= 15 is 0 Å². The molecule has 1 aromatic rings. The van der Waals surface area contributed by atoms with Gasteiger partial charge in [-0.1, -0.05) is 32.0 Å². The summed E-state index contributed by atoms with van der Waals surface area (Å²) in [5.74, 6) is -0.712. The average molecular weight is 210 g/mol. The minimum absolute atomic E-state index is 0.167. The average Bonchev–Trinajstić information content (AvgIpc) is 2.21. The van der Waals surface area contributed by atoms with Gasteiger partial charge in [-0.25, -0.2) is 4.79 Å². The van der Waals surface area contributed by atoms with Crippen molar-refractivity contribution >= 4 is 11.8 Å². The standard InChI is InChI=1S/C7H6O2.C3H6O.C2H6/c8-7(9)6-4-2-1-3-5-6;1-3(2)4;1-2/h1-5H,(H,8,9);1-2H3;1-2H3. The highest BCUT2D eigenvalue weighted by Crippen LogP contribution is 1.96. The molecule has 3 nitrogen and oxygen atoms in total. The van der Waals surface area contributed by atoms with E-state index in [2.05, 4.69) is 0 Å². The number of hydrogen-bond acceptors (Lipinski definition) is 2. The number of carbonyl (C=O) groups excluding carboxylic acids is 1. The maximum atomic E-state index is 10.2. The second-order valence-electron chi connectivity index (χ2n) is 2.58. The zero-order chi connectivity index (χ0) is 12.3. The van der Waals surface area contributed by atoms with Crippen molar-refractivity contribution in [2.24, 2.45) is 0 Å². The van der Waals surface area contributed by atoms with E-state index < -0.39 is 5.97 Å². The van der Waals surface area contributed by atoms with Crippen molar-refractivity contribution in [3.63, 3.8) is 0 Å². The molecule has 3 heteroatoms. The molecule has 1 rings (SSSR count). The summed E-state index contributed by atoms with van der Waals surface area (Å²) in [6.07, 6.45) is 0. The Morgan fingerprint density at radius 2 is 1.33 bits per heavy atom. The van der Waals surface area contributed by atoms with Gasteiger partial charge >= 0.3 is 5.97 Å². The van der Waals surface area contributed by atoms with E-state index in [1.54, 1.807) is 30.3 Å². The summed E-state index contributed by atoms with van der Waals surface area (Å²) in [4.78, 5) is 19.6. The van der Waals surface area contributed by atoms with Gasteiger partial charge in [0.05, 0.1) is 5.56 Å². The van der Waals surface area contributed by atoms with Gasteiger partial charge in [0.25, 0.3) is 0 Å². The Bertz CT molecular complexity index is 274. The van der Waals surface area contributed by atoms with E-state index in [1.165, 1.54) is 13.8 Å². The van der Waals surface area contributed by atoms with Crippen LogP contribution in [0.15, 0.2) is 30.3 Å². The summed E-state index contributed by atoms with van der Waals surface area (Å²) in [5, 5.41) is 8.38. The molecule has 0 heterocycles. The largest absolute Gasteiger partial charge is 0.478 e. The highest BCUT2D eigenvalue weighted by molar-refractivity contribution is 5.87. The summed E-state index contributed by atoms with van der Waals surface area (Å²) in [7, 11) is 0. The predicted octanol–water partition coefficient (Wildman–Crippen LogP) is 3.01. The van der Waals surface area contributed by atoms with Crippen molar-refractivity contribution in [1.82, 2.24) is 0 Å². The summed E-state index contributed by atoms with van der Waals surface area (Å²) in [5.41, 5.74) is 0.331. The molecule has 0 aliphatic heterocycles. The van der Waals surface area contributed by atoms with Gasteiger partial charge in [-0.3, -0.25) is 0 Å². The Kier molecular flexibility index (Phi) is 11.0. The number of carboxylic acid groups (broad SMARTS) is 1. The third-order valence-corrected chi connectivity index (χ3v) is 1.02. The Hall–Kier alpha value is -1.64. The molecule has 15 heavy (non-hydrogen) atoms. The summed E-state index contributed by atoms with van der Waals surface area (Å²) >= 11 is 0. The van der Waals surface area contributed by atoms with Crippen molar-refractivity contribution in [2.75, 3.05) is 0 Å². The van der Waals surface area contributed by atoms with E-state index in [9.17, 15) is 9.59 Å². The number of carbonyl (C=O) groups is 2. The zero-order valence-corrected chi connectivity index (χ0v) is 9.65. The first kappa shape index (κ1) is 15.8. The highest BCUT2D eigenvalue weighted by Gasteiger charge is 1.96. The zero-order valence-electron chi connectivity index (χ0n) is 9.65. The van der Waals surface area contributed by atoms with Gasteiger partial charge in [0, 0.05) is 0 Å². The first-order valence-electron chi connectivity index (χ1n) is 4.79. The molecule has 84 valence electrons. The number of rotatable bonds is 1. The van der Waals surface area contributed by atoms with E-state index in [0.717, 1.165) is 0 Å². The van der Waals surface area contributed by atoms with Crippen molar-refractivity contribution < 1.29 is 14.7 Å². The maximum Gasteiger partial charge on any atom is 0.335 e. The fourth-order valence-corrected chi connectivity index (χ4v) is 0.581. The topological polar surface area (TPSA) is 54.4 Å². The molecule has 0 saturated heterocycles. The molecule has 0 aliphatic rings. The molecule has 0 unspecified atom stereocenters. The van der Waals surface area contributed by atoms with Crippen LogP contribution in [0.5, 0.6) is 0 Å². The van der Waals surface area contributed by atoms with Crippen molar-refractivity contribution in [3.05, 3.63) is 35.9 Å². The van der Waals surface area contributed by atoms with Crippen molar-refractivity contribution in [3.8, 4) is 0 Å². The van der Waals surface area contributed by atoms with Crippen molar-refractivity contribution in [2.45, 2.75) is 27.7 Å². The molecule has 0 atom stereocenters. The van der Waals surface area contributed by atoms with Crippen molar-refractivity contribution in [1.29, 1.82) is 0 Å². The molecule has 1 N–H and O–H groups in total. The van der Waals surface area contributed by atoms with Crippen LogP contribution in [0, 0.1) is 0 Å². The lowest BCUT2D eigenvalue weighted by Crippen LogP contribution is -1.93. The fourth-order valence-electron chi connectivity index (χ4n) is 0.581. The number of hydrogen-bond donors (Lipinski definition) is 1. The van der Waals surface area contributed by atoms with Gasteiger partial charge in [0.15, 0.2) is 0 Å². The Morgan fingerprint density at radius 1 is 1.00 bits per heavy atom. The lowest BCUT2D eigenvalue weighted by molar-refractivity contribution is -0.114. The molecule has 1 aromatic carbocycles. The van der Waals surface area contributed by atoms with Crippen LogP contribution in [0.1, 0.15) is 38.1 Å². The quantitative estimate of drug-likeness (QED) is 0.775. The first-order chi connectivity index (χ1) is 7.04. The molecule has 0 bridgehead atoms. The monoisotopic (exact) mass is 210 g/mol. The summed E-state index contributed by atoms with van der Waals surface area (Å²) in [6.45, 7) is 7.06. The molecular formula is C12H18O3. The fraction of sp³-hybridized carbons (Fsp3) is 0.333. The lowest BCUT2D eigenvalue weighted by Gasteiger charge is -1.88. The van der Waals surface area contributed by atoms with Crippen LogP contribution >= 0.6 is 0 Å². The maximum absolute atomic E-state index is 10.2. The minimum Gasteiger partial charge on any atom is -0.478 e. The van der Waals surface area contributed by atoms with E-state index in [1.807, 2.05) is 13.8 Å². The van der Waals surface area contributed by atoms with Gasteiger partial charge in [0.2, 0.25) is 0 Å². The Labute approximate surface area is 90.7 Å². The molecule has 0 spiro atoms. The SMILES string of the molecule is CC.CC(C)=O.O=C(O)c1ccccc1. The van der Waals surface area contributed by atoms with Gasteiger partial charge in [-0.05, 0) is 26.0 Å². The molecule has 0 saturated carbocycles. The Morgan fingerprint density at radius 3 is 1.53 bits per heavy atom. The first-order valence-corrected chi connectivity index (χ1v) is 4.79. The molecule has 0 radical (unpaired) electrons. The van der Waals surface area contributed by atoms with Crippen LogP contribution in [-0.4, -0.2) is 16.9 Å². The Balaban J connectivity index is 0. The highest BCUT2D eigenvalue weighted by atomic mass is 16.4. The molecule has 0 aliphatic carbocycles. The summed E-state index contributed by atoms with van der Waals surface area (Å²) < 4.78 is 0. The van der Waals surface area contributed by atoms with E-state index in [0.29, 0.717) is 5.56 Å². The van der Waals surface area contributed by atoms with Gasteiger partial charge in [0.1, 0.15) is 5.78 Å². The molecular weight excluding hydrogens is 192 g/mol. The smallest absolute Gasteiger partial charge is 0.335 e. The van der Waals surface area contributed by atoms with Crippen LogP contribution in [-0.2, 0) is 4.79 Å². The van der Waals surface area contributed by atoms with Crippen LogP contribution in [0.4, 0.5) is 0 Å². The number of ketones is 1. The summed E-state index contributed by atoms with van der Waals surface area (Å²) in [6, 6.07) is 8.30. The second-order valence-corrected chi connectivity index (χ2v) is 2.58. The lowest BCUT2D eigenvalue weighted by atomic mass is 10.2. The third-order valence-electron chi connectivity index (χ3n) is 1.02. The van der Waals surface area contributed by atoms with Gasteiger partial charge < -0.3 is 9.90 Å². The number of carboxylic acids is 1. The number of benzene rings is 1. The number of aromatic carboxylic acids is 1. The van der Waals surface area contributed by atoms with Gasteiger partial charge in [-0.2, -0.15) is 0 Å². The van der Waals surface area contributed by atoms with E-state index in [4.69, 9.17) is 5.11 Å². The van der Waals surface area contributed by atoms with Crippen LogP contribution in [0.2, 0.25) is 0 Å².